The van der Waals surface area contributed by atoms with Crippen LogP contribution >= 0.6 is 15.9 Å². The number of aryl methyl sites for hydroxylation is 1. The Bertz CT molecular complexity index is 601. The van der Waals surface area contributed by atoms with Crippen LogP contribution in [0.15, 0.2) is 39.2 Å². The summed E-state index contributed by atoms with van der Waals surface area (Å²) in [7, 11) is 3.18. The van der Waals surface area contributed by atoms with Gasteiger partial charge in [-0.1, -0.05) is 22.0 Å². The first-order valence-corrected chi connectivity index (χ1v) is 6.97. The van der Waals surface area contributed by atoms with Crippen molar-refractivity contribution in [2.45, 2.75) is 13.0 Å². The van der Waals surface area contributed by atoms with Gasteiger partial charge in [-0.25, -0.2) is 4.79 Å². The summed E-state index contributed by atoms with van der Waals surface area (Å²) in [6.07, 6.45) is 0. The minimum Gasteiger partial charge on any atom is -0.463 e. The van der Waals surface area contributed by atoms with Crippen molar-refractivity contribution in [3.8, 4) is 0 Å². The topological polar surface area (TPSA) is 51.5 Å². The van der Waals surface area contributed by atoms with Crippen LogP contribution in [0.2, 0.25) is 0 Å². The number of rotatable bonds is 4. The molecular formula is C15H16BrNO3. The highest BCUT2D eigenvalue weighted by Gasteiger charge is 2.19. The molecule has 106 valence electrons. The lowest BCUT2D eigenvalue weighted by Crippen LogP contribution is -2.17. The maximum atomic E-state index is 11.4. The third-order valence-corrected chi connectivity index (χ3v) is 3.44. The van der Waals surface area contributed by atoms with Crippen LogP contribution < -0.4 is 5.32 Å². The van der Waals surface area contributed by atoms with Crippen LogP contribution in [-0.4, -0.2) is 20.1 Å². The van der Waals surface area contributed by atoms with Gasteiger partial charge in [-0.3, -0.25) is 0 Å². The molecule has 20 heavy (non-hydrogen) atoms. The summed E-state index contributed by atoms with van der Waals surface area (Å²) < 4.78 is 11.2. The van der Waals surface area contributed by atoms with E-state index in [0.29, 0.717) is 5.76 Å². The van der Waals surface area contributed by atoms with Crippen LogP contribution in [0.1, 0.15) is 33.5 Å². The highest BCUT2D eigenvalue weighted by molar-refractivity contribution is 9.10. The molecule has 0 bridgehead atoms. The second-order valence-corrected chi connectivity index (χ2v) is 5.39. The third-order valence-electron chi connectivity index (χ3n) is 2.98. The van der Waals surface area contributed by atoms with Crippen LogP contribution in [0.5, 0.6) is 0 Å². The van der Waals surface area contributed by atoms with E-state index in [9.17, 15) is 4.79 Å². The van der Waals surface area contributed by atoms with Gasteiger partial charge in [-0.2, -0.15) is 0 Å². The molecule has 0 aliphatic rings. The normalized spacial score (nSPS) is 12.2. The summed E-state index contributed by atoms with van der Waals surface area (Å²) in [6, 6.07) is 9.42. The molecule has 1 aromatic heterocycles. The van der Waals surface area contributed by atoms with E-state index in [2.05, 4.69) is 32.0 Å². The van der Waals surface area contributed by atoms with Gasteiger partial charge < -0.3 is 14.5 Å². The van der Waals surface area contributed by atoms with Crippen LogP contribution in [0.3, 0.4) is 0 Å². The Morgan fingerprint density at radius 3 is 2.70 bits per heavy atom. The molecule has 1 aromatic carbocycles. The average Bonchev–Trinajstić information content (AvgIpc) is 2.87. The monoisotopic (exact) mass is 337 g/mol. The van der Waals surface area contributed by atoms with Crippen LogP contribution in [0, 0.1) is 6.92 Å². The molecule has 1 atom stereocenters. The summed E-state index contributed by atoms with van der Waals surface area (Å²) in [5.74, 6) is 0.399. The molecule has 0 saturated carbocycles. The molecule has 4 nitrogen and oxygen atoms in total. The lowest BCUT2D eigenvalue weighted by molar-refractivity contribution is 0.0562. The molecule has 1 heterocycles. The Labute approximate surface area is 126 Å². The fraction of sp³-hybridized carbons (Fsp3) is 0.267. The molecule has 0 saturated heterocycles. The fourth-order valence-corrected chi connectivity index (χ4v) is 2.75. The largest absolute Gasteiger partial charge is 0.463 e. The number of methoxy groups -OCH3 is 1. The molecule has 0 aliphatic heterocycles. The lowest BCUT2D eigenvalue weighted by atomic mass is 10.0. The maximum Gasteiger partial charge on any atom is 0.373 e. The van der Waals surface area contributed by atoms with Crippen molar-refractivity contribution in [3.63, 3.8) is 0 Å². The second-order valence-electron chi connectivity index (χ2n) is 4.48. The van der Waals surface area contributed by atoms with E-state index >= 15 is 0 Å². The van der Waals surface area contributed by atoms with Crippen molar-refractivity contribution in [2.24, 2.45) is 0 Å². The first-order valence-electron chi connectivity index (χ1n) is 6.17. The second kappa shape index (κ2) is 6.24. The number of carbonyl (C=O) groups excluding carboxylic acids is 1. The predicted octanol–water partition coefficient (Wildman–Crippen LogP) is 3.45. The Morgan fingerprint density at radius 2 is 2.10 bits per heavy atom. The minimum atomic E-state index is -0.475. The number of hydrogen-bond donors (Lipinski definition) is 1. The number of benzene rings is 1. The average molecular weight is 338 g/mol. The van der Waals surface area contributed by atoms with Crippen molar-refractivity contribution >= 4 is 21.9 Å². The van der Waals surface area contributed by atoms with Gasteiger partial charge in [0.2, 0.25) is 5.76 Å². The Balaban J connectivity index is 2.36. The first-order chi connectivity index (χ1) is 9.55. The van der Waals surface area contributed by atoms with Gasteiger partial charge in [0.15, 0.2) is 0 Å². The molecule has 1 N–H and O–H groups in total. The Kier molecular flexibility index (Phi) is 4.62. The highest BCUT2D eigenvalue weighted by atomic mass is 79.9. The summed E-state index contributed by atoms with van der Waals surface area (Å²) in [6.45, 7) is 2.03. The van der Waals surface area contributed by atoms with Gasteiger partial charge in [-0.05, 0) is 49.4 Å². The van der Waals surface area contributed by atoms with Gasteiger partial charge in [0.1, 0.15) is 5.76 Å². The number of carbonyl (C=O) groups is 1. The summed E-state index contributed by atoms with van der Waals surface area (Å²) >= 11 is 3.49. The Morgan fingerprint density at radius 1 is 1.35 bits per heavy atom. The number of hydrogen-bond acceptors (Lipinski definition) is 4. The molecule has 5 heteroatoms. The zero-order valence-electron chi connectivity index (χ0n) is 11.6. The van der Waals surface area contributed by atoms with E-state index in [1.54, 1.807) is 12.1 Å². The van der Waals surface area contributed by atoms with Crippen LogP contribution in [0.25, 0.3) is 0 Å². The SMILES string of the molecule is CNC(c1cc(C)cc(Br)c1)c1ccc(C(=O)OC)o1. The molecular weight excluding hydrogens is 322 g/mol. The zero-order chi connectivity index (χ0) is 14.7. The van der Waals surface area contributed by atoms with E-state index in [0.717, 1.165) is 15.6 Å². The number of furan rings is 1. The fourth-order valence-electron chi connectivity index (χ4n) is 2.12. The van der Waals surface area contributed by atoms with E-state index in [4.69, 9.17) is 4.42 Å². The minimum absolute atomic E-state index is 0.121. The summed E-state index contributed by atoms with van der Waals surface area (Å²) in [5.41, 5.74) is 2.21. The highest BCUT2D eigenvalue weighted by Crippen LogP contribution is 2.27. The molecule has 2 aromatic rings. The van der Waals surface area contributed by atoms with E-state index in [-0.39, 0.29) is 11.8 Å². The predicted molar refractivity (Wildman–Crippen MR) is 79.8 cm³/mol. The van der Waals surface area contributed by atoms with E-state index in [1.807, 2.05) is 26.1 Å². The number of esters is 1. The van der Waals surface area contributed by atoms with Gasteiger partial charge in [0.25, 0.3) is 0 Å². The van der Waals surface area contributed by atoms with Crippen molar-refractivity contribution in [2.75, 3.05) is 14.2 Å². The lowest BCUT2D eigenvalue weighted by Gasteiger charge is -2.15. The van der Waals surface area contributed by atoms with E-state index < -0.39 is 5.97 Å². The van der Waals surface area contributed by atoms with E-state index in [1.165, 1.54) is 7.11 Å². The van der Waals surface area contributed by atoms with Crippen molar-refractivity contribution in [3.05, 3.63) is 57.5 Å². The number of nitrogens with one attached hydrogen (secondary N) is 1. The standard InChI is InChI=1S/C15H16BrNO3/c1-9-6-10(8-11(16)7-9)14(17-2)12-4-5-13(20-12)15(18)19-3/h4-8,14,17H,1-3H3. The number of ether oxygens (including phenoxy) is 1. The van der Waals surface area contributed by atoms with Crippen LogP contribution in [-0.2, 0) is 4.74 Å². The van der Waals surface area contributed by atoms with Gasteiger partial charge in [0.05, 0.1) is 13.2 Å². The summed E-state index contributed by atoms with van der Waals surface area (Å²) in [4.78, 5) is 11.4. The first kappa shape index (κ1) is 14.8. The third kappa shape index (κ3) is 3.11. The maximum absolute atomic E-state index is 11.4. The zero-order valence-corrected chi connectivity index (χ0v) is 13.2. The molecule has 1 unspecified atom stereocenters. The molecule has 0 spiro atoms. The molecule has 0 radical (unpaired) electrons. The molecule has 2 rings (SSSR count). The molecule has 0 amide bonds. The van der Waals surface area contributed by atoms with Crippen molar-refractivity contribution in [1.82, 2.24) is 5.32 Å². The van der Waals surface area contributed by atoms with Crippen molar-refractivity contribution in [1.29, 1.82) is 0 Å². The smallest absolute Gasteiger partial charge is 0.373 e. The number of halogens is 1. The molecule has 0 aliphatic carbocycles. The van der Waals surface area contributed by atoms with Gasteiger partial charge >= 0.3 is 5.97 Å². The van der Waals surface area contributed by atoms with Crippen molar-refractivity contribution < 1.29 is 13.9 Å². The quantitative estimate of drug-likeness (QED) is 0.868. The molecule has 0 fully saturated rings. The van der Waals surface area contributed by atoms with Crippen LogP contribution in [0.4, 0.5) is 0 Å². The van der Waals surface area contributed by atoms with Gasteiger partial charge in [-0.15, -0.1) is 0 Å². The van der Waals surface area contributed by atoms with Gasteiger partial charge in [0, 0.05) is 4.47 Å². The Hall–Kier alpha value is -1.59. The summed E-state index contributed by atoms with van der Waals surface area (Å²) in [5, 5.41) is 3.19.